The molecule has 4 aromatic heterocycles. The van der Waals surface area contributed by atoms with Crippen LogP contribution in [0.15, 0.2) is 48.9 Å². The largest absolute Gasteiger partial charge is 0.387 e. The van der Waals surface area contributed by atoms with Crippen LogP contribution in [0.4, 0.5) is 5.82 Å². The maximum atomic E-state index is 11.1. The molecule has 176 valence electrons. The van der Waals surface area contributed by atoms with Crippen LogP contribution >= 0.6 is 0 Å². The van der Waals surface area contributed by atoms with E-state index in [1.54, 1.807) is 6.20 Å². The van der Waals surface area contributed by atoms with Gasteiger partial charge in [0.25, 0.3) is 0 Å². The highest BCUT2D eigenvalue weighted by Crippen LogP contribution is 2.45. The number of rotatable bonds is 4. The summed E-state index contributed by atoms with van der Waals surface area (Å²) in [5.41, 5.74) is 3.89. The monoisotopic (exact) mass is 465 g/mol. The third-order valence-electron chi connectivity index (χ3n) is 7.45. The van der Waals surface area contributed by atoms with E-state index in [-0.39, 0.29) is 6.04 Å². The maximum absolute atomic E-state index is 11.1. The number of piperidine rings is 1. The first-order valence-corrected chi connectivity index (χ1v) is 12.3. The molecular formula is C27H27N7O. The number of aliphatic hydroxyl groups is 1. The van der Waals surface area contributed by atoms with Crippen molar-refractivity contribution in [1.82, 2.24) is 30.2 Å². The molecule has 1 saturated carbocycles. The average Bonchev–Trinajstić information content (AvgIpc) is 3.64. The van der Waals surface area contributed by atoms with Gasteiger partial charge < -0.3 is 20.7 Å². The number of para-hydroxylation sites is 1. The number of pyridine rings is 2. The Morgan fingerprint density at radius 2 is 1.94 bits per heavy atom. The lowest BCUT2D eigenvalue weighted by Crippen LogP contribution is -2.56. The number of hydrogen-bond donors (Lipinski definition) is 4. The molecule has 0 bridgehead atoms. The average molecular weight is 466 g/mol. The minimum atomic E-state index is -0.886. The summed E-state index contributed by atoms with van der Waals surface area (Å²) in [7, 11) is 0. The highest BCUT2D eigenvalue weighted by molar-refractivity contribution is 6.12. The first kappa shape index (κ1) is 20.7. The normalized spacial score (nSPS) is 22.7. The summed E-state index contributed by atoms with van der Waals surface area (Å²) in [4.78, 5) is 22.6. The Bertz CT molecular complexity index is 1590. The van der Waals surface area contributed by atoms with E-state index in [0.29, 0.717) is 18.3 Å². The quantitative estimate of drug-likeness (QED) is 0.316. The van der Waals surface area contributed by atoms with Gasteiger partial charge in [0.1, 0.15) is 11.5 Å². The van der Waals surface area contributed by atoms with Crippen molar-refractivity contribution in [3.05, 3.63) is 54.5 Å². The maximum Gasteiger partial charge on any atom is 0.163 e. The molecule has 1 aromatic carbocycles. The van der Waals surface area contributed by atoms with Crippen molar-refractivity contribution >= 4 is 38.7 Å². The Morgan fingerprint density at radius 1 is 1.06 bits per heavy atom. The van der Waals surface area contributed by atoms with E-state index in [9.17, 15) is 5.11 Å². The summed E-state index contributed by atoms with van der Waals surface area (Å²) in [6.45, 7) is 3.27. The molecule has 2 fully saturated rings. The molecule has 7 rings (SSSR count). The van der Waals surface area contributed by atoms with Crippen LogP contribution in [-0.4, -0.2) is 54.8 Å². The predicted molar refractivity (Wildman–Crippen MR) is 137 cm³/mol. The molecule has 4 N–H and O–H groups in total. The lowest BCUT2D eigenvalue weighted by molar-refractivity contribution is 0.0229. The van der Waals surface area contributed by atoms with Crippen molar-refractivity contribution < 1.29 is 5.11 Å². The Kier molecular flexibility index (Phi) is 4.56. The smallest absolute Gasteiger partial charge is 0.163 e. The van der Waals surface area contributed by atoms with E-state index in [4.69, 9.17) is 9.97 Å². The van der Waals surface area contributed by atoms with Gasteiger partial charge in [-0.25, -0.2) is 15.0 Å². The number of nitrogens with one attached hydrogen (secondary N) is 3. The SMILES string of the molecule is C[C@@]1(O)CNCC[C@H]1Nc1nc(-c2ccnc3[nH]c4ccccc4c23)nc2cncc(C3CC3)c12. The first-order chi connectivity index (χ1) is 17.1. The van der Waals surface area contributed by atoms with Crippen LogP contribution in [0.2, 0.25) is 0 Å². The number of hydrogen-bond acceptors (Lipinski definition) is 7. The summed E-state index contributed by atoms with van der Waals surface area (Å²) in [6.07, 6.45) is 8.70. The van der Waals surface area contributed by atoms with Crippen LogP contribution in [-0.2, 0) is 0 Å². The number of benzene rings is 1. The van der Waals surface area contributed by atoms with E-state index in [1.165, 1.54) is 5.56 Å². The zero-order valence-corrected chi connectivity index (χ0v) is 19.5. The van der Waals surface area contributed by atoms with Gasteiger partial charge in [-0.3, -0.25) is 4.98 Å². The molecule has 0 unspecified atom stereocenters. The predicted octanol–water partition coefficient (Wildman–Crippen LogP) is 4.12. The Balaban J connectivity index is 1.46. The molecule has 1 saturated heterocycles. The summed E-state index contributed by atoms with van der Waals surface area (Å²) in [5, 5.41) is 21.1. The van der Waals surface area contributed by atoms with Gasteiger partial charge in [-0.2, -0.15) is 0 Å². The minimum Gasteiger partial charge on any atom is -0.387 e. The van der Waals surface area contributed by atoms with Crippen LogP contribution in [0.3, 0.4) is 0 Å². The van der Waals surface area contributed by atoms with Crippen LogP contribution in [0.1, 0.15) is 37.7 Å². The van der Waals surface area contributed by atoms with Crippen LogP contribution in [0, 0.1) is 0 Å². The molecule has 2 atom stereocenters. The molecule has 0 spiro atoms. The zero-order valence-electron chi connectivity index (χ0n) is 19.5. The molecule has 35 heavy (non-hydrogen) atoms. The van der Waals surface area contributed by atoms with Crippen LogP contribution in [0.5, 0.6) is 0 Å². The summed E-state index contributed by atoms with van der Waals surface area (Å²) in [5.74, 6) is 1.89. The minimum absolute atomic E-state index is 0.125. The molecule has 8 nitrogen and oxygen atoms in total. The standard InChI is InChI=1S/C27H27N7O/c1-27(35)14-28-10-9-21(27)33-26-23-18(15-6-7-15)12-29-13-20(23)32-24(34-26)17-8-11-30-25-22(17)16-4-2-3-5-19(16)31-25/h2-5,8,11-13,15,21,28,35H,6-7,9-10,14H2,1H3,(H,30,31)(H,32,33,34)/t21-,27-/m1/s1. The molecule has 5 heterocycles. The lowest BCUT2D eigenvalue weighted by Gasteiger charge is -2.38. The van der Waals surface area contributed by atoms with Crippen molar-refractivity contribution in [2.45, 2.75) is 43.7 Å². The third kappa shape index (κ3) is 3.44. The van der Waals surface area contributed by atoms with Crippen LogP contribution in [0.25, 0.3) is 44.2 Å². The molecule has 5 aromatic rings. The number of aromatic nitrogens is 5. The topological polar surface area (TPSA) is 112 Å². The fraction of sp³-hybridized carbons (Fsp3) is 0.333. The Labute approximate surface area is 202 Å². The van der Waals surface area contributed by atoms with Crippen molar-refractivity contribution in [1.29, 1.82) is 0 Å². The summed E-state index contributed by atoms with van der Waals surface area (Å²) < 4.78 is 0. The van der Waals surface area contributed by atoms with Gasteiger partial charge in [-0.15, -0.1) is 0 Å². The van der Waals surface area contributed by atoms with Crippen molar-refractivity contribution in [3.63, 3.8) is 0 Å². The zero-order chi connectivity index (χ0) is 23.6. The first-order valence-electron chi connectivity index (χ1n) is 12.3. The molecule has 1 aliphatic heterocycles. The highest BCUT2D eigenvalue weighted by atomic mass is 16.3. The number of H-pyrrole nitrogens is 1. The summed E-state index contributed by atoms with van der Waals surface area (Å²) in [6, 6.07) is 10.1. The number of anilines is 1. The highest BCUT2D eigenvalue weighted by Gasteiger charge is 2.36. The fourth-order valence-electron chi connectivity index (χ4n) is 5.41. The number of β-amino-alcohol motifs (C(OH)–C–C–N with tert-alkyl or cyclic N) is 1. The summed E-state index contributed by atoms with van der Waals surface area (Å²) >= 11 is 0. The van der Waals surface area contributed by atoms with E-state index >= 15 is 0 Å². The number of fused-ring (bicyclic) bond motifs is 4. The molecule has 2 aliphatic rings. The van der Waals surface area contributed by atoms with Gasteiger partial charge in [-0.1, -0.05) is 18.2 Å². The van der Waals surface area contributed by atoms with Gasteiger partial charge in [-0.05, 0) is 56.3 Å². The van der Waals surface area contributed by atoms with E-state index in [2.05, 4.69) is 37.7 Å². The van der Waals surface area contributed by atoms with Crippen molar-refractivity contribution in [3.8, 4) is 11.4 Å². The van der Waals surface area contributed by atoms with Gasteiger partial charge in [0.2, 0.25) is 0 Å². The van der Waals surface area contributed by atoms with E-state index in [0.717, 1.165) is 70.0 Å². The van der Waals surface area contributed by atoms with Crippen molar-refractivity contribution in [2.75, 3.05) is 18.4 Å². The molecule has 8 heteroatoms. The van der Waals surface area contributed by atoms with Gasteiger partial charge >= 0.3 is 0 Å². The Morgan fingerprint density at radius 3 is 2.80 bits per heavy atom. The van der Waals surface area contributed by atoms with Gasteiger partial charge in [0.15, 0.2) is 5.82 Å². The molecule has 1 aliphatic carbocycles. The van der Waals surface area contributed by atoms with Crippen molar-refractivity contribution in [2.24, 2.45) is 0 Å². The van der Waals surface area contributed by atoms with Gasteiger partial charge in [0, 0.05) is 46.2 Å². The molecule has 0 amide bonds. The number of aromatic amines is 1. The fourth-order valence-corrected chi connectivity index (χ4v) is 5.41. The molecular weight excluding hydrogens is 438 g/mol. The molecule has 0 radical (unpaired) electrons. The van der Waals surface area contributed by atoms with Crippen LogP contribution < -0.4 is 10.6 Å². The number of nitrogens with zero attached hydrogens (tertiary/aromatic N) is 4. The second kappa shape index (κ2) is 7.69. The lowest BCUT2D eigenvalue weighted by atomic mass is 9.90. The Hall–Kier alpha value is -3.62. The third-order valence-corrected chi connectivity index (χ3v) is 7.45. The second-order valence-corrected chi connectivity index (χ2v) is 10.1. The second-order valence-electron chi connectivity index (χ2n) is 10.1. The van der Waals surface area contributed by atoms with E-state index in [1.807, 2.05) is 37.5 Å². The van der Waals surface area contributed by atoms with Gasteiger partial charge in [0.05, 0.1) is 23.4 Å². The van der Waals surface area contributed by atoms with E-state index < -0.39 is 5.60 Å².